The average molecular weight is 221 g/mol. The highest BCUT2D eigenvalue weighted by Gasteiger charge is 2.31. The summed E-state index contributed by atoms with van der Waals surface area (Å²) in [5, 5.41) is 1.40. The van der Waals surface area contributed by atoms with Gasteiger partial charge in [-0.25, -0.2) is 0 Å². The molecule has 0 unspecified atom stereocenters. The van der Waals surface area contributed by atoms with Crippen molar-refractivity contribution in [2.24, 2.45) is 0 Å². The molecule has 84 valence electrons. The summed E-state index contributed by atoms with van der Waals surface area (Å²) in [6.45, 7) is 15.7. The molecule has 1 aliphatic carbocycles. The molecule has 2 heteroatoms. The van der Waals surface area contributed by atoms with E-state index in [1.165, 1.54) is 16.3 Å². The highest BCUT2D eigenvalue weighted by molar-refractivity contribution is 6.82. The normalized spacial score (nSPS) is 17.4. The van der Waals surface area contributed by atoms with Gasteiger partial charge in [-0.3, -0.25) is 0 Å². The second kappa shape index (κ2) is 3.78. The second-order valence-electron chi connectivity index (χ2n) is 5.99. The number of rotatable bonds is 2. The van der Waals surface area contributed by atoms with E-state index in [9.17, 15) is 0 Å². The Hall–Kier alpha value is -0.563. The molecule has 15 heavy (non-hydrogen) atoms. The highest BCUT2D eigenvalue weighted by Crippen LogP contribution is 2.25. The van der Waals surface area contributed by atoms with Gasteiger partial charge in [-0.15, -0.1) is 5.73 Å². The van der Waals surface area contributed by atoms with Crippen LogP contribution in [0.25, 0.3) is 0 Å². The molecule has 0 saturated carbocycles. The molecule has 0 aromatic heterocycles. The summed E-state index contributed by atoms with van der Waals surface area (Å²) in [6, 6.07) is 0. The van der Waals surface area contributed by atoms with Crippen molar-refractivity contribution in [3.8, 4) is 0 Å². The van der Waals surface area contributed by atoms with Crippen molar-refractivity contribution < 1.29 is 0 Å². The molecule has 0 fully saturated rings. The van der Waals surface area contributed by atoms with Gasteiger partial charge in [-0.2, -0.15) is 0 Å². The van der Waals surface area contributed by atoms with Gasteiger partial charge in [0.2, 0.25) is 0 Å². The first kappa shape index (κ1) is 12.5. The van der Waals surface area contributed by atoms with E-state index in [-0.39, 0.29) is 5.54 Å². The molecule has 0 aliphatic heterocycles. The molecule has 0 atom stereocenters. The van der Waals surface area contributed by atoms with Gasteiger partial charge in [-0.05, 0) is 51.0 Å². The van der Waals surface area contributed by atoms with Crippen LogP contribution in [0.3, 0.4) is 0 Å². The van der Waals surface area contributed by atoms with Crippen LogP contribution in [0.2, 0.25) is 13.1 Å². The van der Waals surface area contributed by atoms with E-state index in [0.29, 0.717) is 0 Å². The Labute approximate surface area is 95.1 Å². The molecule has 0 heterocycles. The maximum atomic E-state index is 3.76. The fourth-order valence-electron chi connectivity index (χ4n) is 2.00. The summed E-state index contributed by atoms with van der Waals surface area (Å²) in [6.07, 6.45) is 2.29. The van der Waals surface area contributed by atoms with Crippen LogP contribution in [-0.2, 0) is 0 Å². The molecule has 1 nitrogen and oxygen atoms in total. The summed E-state index contributed by atoms with van der Waals surface area (Å²) >= 11 is 0. The molecule has 0 aromatic rings. The Bertz CT molecular complexity index is 360. The quantitative estimate of drug-likeness (QED) is 0.555. The smallest absolute Gasteiger partial charge is 0.160 e. The van der Waals surface area contributed by atoms with Crippen molar-refractivity contribution in [3.63, 3.8) is 0 Å². The summed E-state index contributed by atoms with van der Waals surface area (Å²) in [5.74, 6) is 0. The molecular weight excluding hydrogens is 198 g/mol. The Morgan fingerprint density at radius 3 is 2.07 bits per heavy atom. The lowest BCUT2D eigenvalue weighted by molar-refractivity contribution is 0.514. The van der Waals surface area contributed by atoms with Gasteiger partial charge in [0.25, 0.3) is 0 Å². The Morgan fingerprint density at radius 1 is 1.20 bits per heavy atom. The minimum atomic E-state index is -1.53. The molecule has 1 rings (SSSR count). The monoisotopic (exact) mass is 221 g/mol. The van der Waals surface area contributed by atoms with Crippen molar-refractivity contribution in [1.82, 2.24) is 4.98 Å². The molecule has 0 radical (unpaired) electrons. The van der Waals surface area contributed by atoms with Crippen molar-refractivity contribution in [2.75, 3.05) is 0 Å². The van der Waals surface area contributed by atoms with Gasteiger partial charge in [-0.1, -0.05) is 19.2 Å². The predicted molar refractivity (Wildman–Crippen MR) is 70.3 cm³/mol. The van der Waals surface area contributed by atoms with Crippen LogP contribution in [0.4, 0.5) is 0 Å². The molecule has 0 bridgehead atoms. The fourth-order valence-corrected chi connectivity index (χ4v) is 5.09. The van der Waals surface area contributed by atoms with E-state index in [0.717, 1.165) is 0 Å². The standard InChI is InChI=1S/C13H23NSi/c1-10-8-12(9-11(10)2)15(6,7)14-13(3,4)5/h8,14H,1-7H3. The first-order chi connectivity index (χ1) is 6.62. The number of hydrogen-bond donors (Lipinski definition) is 1. The first-order valence-corrected chi connectivity index (χ1v) is 8.58. The van der Waals surface area contributed by atoms with Crippen molar-refractivity contribution >= 4 is 8.24 Å². The molecule has 0 amide bonds. The molecule has 1 aliphatic rings. The van der Waals surface area contributed by atoms with E-state index in [2.05, 4.69) is 64.5 Å². The highest BCUT2D eigenvalue weighted by atomic mass is 28.3. The van der Waals surface area contributed by atoms with Crippen molar-refractivity contribution in [3.05, 3.63) is 28.1 Å². The van der Waals surface area contributed by atoms with E-state index >= 15 is 0 Å². The fraction of sp³-hybridized carbons (Fsp3) is 0.615. The minimum absolute atomic E-state index is 0.183. The van der Waals surface area contributed by atoms with Crippen LogP contribution in [0, 0.1) is 0 Å². The summed E-state index contributed by atoms with van der Waals surface area (Å²) in [4.78, 5) is 3.76. The molecular formula is C13H23NSi. The van der Waals surface area contributed by atoms with Gasteiger partial charge < -0.3 is 4.98 Å². The first-order valence-electron chi connectivity index (χ1n) is 5.58. The van der Waals surface area contributed by atoms with Crippen molar-refractivity contribution in [2.45, 2.75) is 53.3 Å². The van der Waals surface area contributed by atoms with Crippen LogP contribution in [0.1, 0.15) is 34.6 Å². The van der Waals surface area contributed by atoms with E-state index in [4.69, 9.17) is 0 Å². The minimum Gasteiger partial charge on any atom is -0.329 e. The Kier molecular flexibility index (Phi) is 3.15. The van der Waals surface area contributed by atoms with Gasteiger partial charge in [0.1, 0.15) is 0 Å². The molecule has 0 spiro atoms. The molecule has 1 N–H and O–H groups in total. The molecule has 0 aromatic carbocycles. The van der Waals surface area contributed by atoms with Crippen LogP contribution in [-0.4, -0.2) is 13.8 Å². The SMILES string of the molecule is CC1=C=C([Si](C)(C)NC(C)(C)C)C=C1C. The second-order valence-corrected chi connectivity index (χ2v) is 10.0. The Balaban J connectivity index is 2.95. The van der Waals surface area contributed by atoms with Crippen LogP contribution in [0.5, 0.6) is 0 Å². The topological polar surface area (TPSA) is 12.0 Å². The van der Waals surface area contributed by atoms with Gasteiger partial charge in [0, 0.05) is 5.54 Å². The maximum Gasteiger partial charge on any atom is 0.160 e. The lowest BCUT2D eigenvalue weighted by atomic mass is 10.1. The third kappa shape index (κ3) is 3.20. The van der Waals surface area contributed by atoms with Gasteiger partial charge in [0.05, 0.1) is 0 Å². The maximum absolute atomic E-state index is 3.76. The van der Waals surface area contributed by atoms with Crippen LogP contribution in [0.15, 0.2) is 28.1 Å². The third-order valence-corrected chi connectivity index (χ3v) is 5.63. The van der Waals surface area contributed by atoms with Gasteiger partial charge in [0.15, 0.2) is 8.24 Å². The lowest BCUT2D eigenvalue weighted by Crippen LogP contribution is -2.55. The molecule has 0 saturated heterocycles. The third-order valence-electron chi connectivity index (χ3n) is 2.64. The summed E-state index contributed by atoms with van der Waals surface area (Å²) < 4.78 is 0. The largest absolute Gasteiger partial charge is 0.329 e. The number of allylic oxidation sites excluding steroid dienone is 3. The Morgan fingerprint density at radius 2 is 1.73 bits per heavy atom. The van der Waals surface area contributed by atoms with Crippen LogP contribution >= 0.6 is 0 Å². The van der Waals surface area contributed by atoms with E-state index < -0.39 is 8.24 Å². The van der Waals surface area contributed by atoms with Crippen LogP contribution < -0.4 is 4.98 Å². The zero-order valence-electron chi connectivity index (χ0n) is 11.1. The van der Waals surface area contributed by atoms with E-state index in [1.807, 2.05) is 0 Å². The lowest BCUT2D eigenvalue weighted by Gasteiger charge is -2.33. The van der Waals surface area contributed by atoms with Gasteiger partial charge >= 0.3 is 0 Å². The average Bonchev–Trinajstić information content (AvgIpc) is 2.27. The zero-order chi connectivity index (χ0) is 11.9. The summed E-state index contributed by atoms with van der Waals surface area (Å²) in [7, 11) is -1.53. The van der Waals surface area contributed by atoms with Crippen molar-refractivity contribution in [1.29, 1.82) is 0 Å². The summed E-state index contributed by atoms with van der Waals surface area (Å²) in [5.41, 5.74) is 6.34. The number of nitrogens with one attached hydrogen (secondary N) is 1. The van der Waals surface area contributed by atoms with E-state index in [1.54, 1.807) is 0 Å². The zero-order valence-corrected chi connectivity index (χ0v) is 12.1. The predicted octanol–water partition coefficient (Wildman–Crippen LogP) is 3.55. The number of hydrogen-bond acceptors (Lipinski definition) is 1.